The van der Waals surface area contributed by atoms with E-state index < -0.39 is 0 Å². The van der Waals surface area contributed by atoms with E-state index in [1.807, 2.05) is 0 Å². The van der Waals surface area contributed by atoms with Crippen LogP contribution in [-0.4, -0.2) is 36.4 Å². The van der Waals surface area contributed by atoms with Gasteiger partial charge in [-0.2, -0.15) is 0 Å². The number of benzene rings is 1. The SMILES string of the molecule is NC(=O)[C@H]1CCCN(C(=O)CCOc2cccc(Cl)c2Cl)C1. The second-order valence-electron chi connectivity index (χ2n) is 5.23. The number of likely N-dealkylation sites (tertiary alicyclic amines) is 1. The standard InChI is InChI=1S/C15H18Cl2N2O3/c16-11-4-1-5-12(14(11)17)22-8-6-13(20)19-7-2-3-10(9-19)15(18)21/h1,4-5,10H,2-3,6-9H2,(H2,18,21)/t10-/m0/s1. The second-order valence-corrected chi connectivity index (χ2v) is 6.02. The largest absolute Gasteiger partial charge is 0.491 e. The normalized spacial score (nSPS) is 18.1. The Kier molecular flexibility index (Phi) is 5.91. The van der Waals surface area contributed by atoms with Crippen LogP contribution >= 0.6 is 23.2 Å². The number of hydrogen-bond acceptors (Lipinski definition) is 3. The van der Waals surface area contributed by atoms with Crippen LogP contribution in [0.25, 0.3) is 0 Å². The van der Waals surface area contributed by atoms with Gasteiger partial charge in [-0.3, -0.25) is 9.59 Å². The summed E-state index contributed by atoms with van der Waals surface area (Å²) in [5.41, 5.74) is 5.31. The van der Waals surface area contributed by atoms with Crippen molar-refractivity contribution in [3.63, 3.8) is 0 Å². The van der Waals surface area contributed by atoms with Crippen LogP contribution < -0.4 is 10.5 Å². The molecule has 0 spiro atoms. The summed E-state index contributed by atoms with van der Waals surface area (Å²) < 4.78 is 5.50. The fourth-order valence-corrected chi connectivity index (χ4v) is 2.78. The van der Waals surface area contributed by atoms with Crippen molar-refractivity contribution < 1.29 is 14.3 Å². The van der Waals surface area contributed by atoms with E-state index in [0.29, 0.717) is 28.9 Å². The molecule has 0 aromatic heterocycles. The van der Waals surface area contributed by atoms with Gasteiger partial charge in [-0.1, -0.05) is 29.3 Å². The van der Waals surface area contributed by atoms with Crippen LogP contribution in [0.5, 0.6) is 5.75 Å². The first-order chi connectivity index (χ1) is 10.5. The highest BCUT2D eigenvalue weighted by atomic mass is 35.5. The molecule has 5 nitrogen and oxygen atoms in total. The van der Waals surface area contributed by atoms with E-state index in [4.69, 9.17) is 33.7 Å². The van der Waals surface area contributed by atoms with Crippen molar-refractivity contribution in [1.29, 1.82) is 0 Å². The Morgan fingerprint density at radius 3 is 2.86 bits per heavy atom. The third-order valence-corrected chi connectivity index (χ3v) is 4.47. The van der Waals surface area contributed by atoms with E-state index in [9.17, 15) is 9.59 Å². The summed E-state index contributed by atoms with van der Waals surface area (Å²) in [4.78, 5) is 25.0. The molecule has 1 aromatic rings. The molecule has 1 atom stereocenters. The van der Waals surface area contributed by atoms with Gasteiger partial charge in [0.05, 0.1) is 24.0 Å². The minimum Gasteiger partial charge on any atom is -0.491 e. The summed E-state index contributed by atoms with van der Waals surface area (Å²) in [5, 5.41) is 0.745. The number of ether oxygens (including phenoxy) is 1. The number of rotatable bonds is 5. The molecule has 1 aliphatic rings. The van der Waals surface area contributed by atoms with Gasteiger partial charge in [0.1, 0.15) is 10.8 Å². The lowest BCUT2D eigenvalue weighted by Crippen LogP contribution is -2.44. The van der Waals surface area contributed by atoms with Crippen molar-refractivity contribution in [3.05, 3.63) is 28.2 Å². The van der Waals surface area contributed by atoms with Crippen molar-refractivity contribution in [1.82, 2.24) is 4.90 Å². The lowest BCUT2D eigenvalue weighted by Gasteiger charge is -2.31. The third kappa shape index (κ3) is 4.27. The minimum atomic E-state index is -0.348. The molecule has 0 unspecified atom stereocenters. The average Bonchev–Trinajstić information content (AvgIpc) is 2.51. The summed E-state index contributed by atoms with van der Waals surface area (Å²) in [6, 6.07) is 5.09. The molecule has 2 N–H and O–H groups in total. The molecule has 0 saturated carbocycles. The number of hydrogen-bond donors (Lipinski definition) is 1. The van der Waals surface area contributed by atoms with Gasteiger partial charge in [0, 0.05) is 13.1 Å². The number of primary amides is 1. The van der Waals surface area contributed by atoms with Crippen LogP contribution in [0.4, 0.5) is 0 Å². The predicted octanol–water partition coefficient (Wildman–Crippen LogP) is 2.49. The van der Waals surface area contributed by atoms with Crippen LogP contribution in [-0.2, 0) is 9.59 Å². The molecule has 7 heteroatoms. The Labute approximate surface area is 139 Å². The van der Waals surface area contributed by atoms with E-state index in [2.05, 4.69) is 0 Å². The fourth-order valence-electron chi connectivity index (χ4n) is 2.44. The van der Waals surface area contributed by atoms with Gasteiger partial charge in [0.15, 0.2) is 0 Å². The van der Waals surface area contributed by atoms with Crippen LogP contribution in [0.1, 0.15) is 19.3 Å². The molecule has 1 fully saturated rings. The molecule has 2 rings (SSSR count). The van der Waals surface area contributed by atoms with E-state index in [0.717, 1.165) is 12.8 Å². The highest BCUT2D eigenvalue weighted by Gasteiger charge is 2.26. The number of piperidine rings is 1. The van der Waals surface area contributed by atoms with E-state index in [1.165, 1.54) is 0 Å². The van der Waals surface area contributed by atoms with Crippen molar-refractivity contribution in [2.24, 2.45) is 11.7 Å². The van der Waals surface area contributed by atoms with E-state index >= 15 is 0 Å². The van der Waals surface area contributed by atoms with Gasteiger partial charge in [0.2, 0.25) is 11.8 Å². The van der Waals surface area contributed by atoms with Gasteiger partial charge in [-0.05, 0) is 25.0 Å². The number of halogens is 2. The first-order valence-electron chi connectivity index (χ1n) is 7.13. The average molecular weight is 345 g/mol. The minimum absolute atomic E-state index is 0.0518. The quantitative estimate of drug-likeness (QED) is 0.891. The lowest BCUT2D eigenvalue weighted by atomic mass is 9.97. The zero-order chi connectivity index (χ0) is 16.1. The Morgan fingerprint density at radius 2 is 2.14 bits per heavy atom. The number of nitrogens with two attached hydrogens (primary N) is 1. The number of carbonyl (C=O) groups is 2. The smallest absolute Gasteiger partial charge is 0.226 e. The van der Waals surface area contributed by atoms with Gasteiger partial charge in [-0.15, -0.1) is 0 Å². The summed E-state index contributed by atoms with van der Waals surface area (Å²) in [7, 11) is 0. The van der Waals surface area contributed by atoms with Crippen molar-refractivity contribution in [2.75, 3.05) is 19.7 Å². The van der Waals surface area contributed by atoms with E-state index in [-0.39, 0.29) is 30.8 Å². The second kappa shape index (κ2) is 7.70. The summed E-state index contributed by atoms with van der Waals surface area (Å²) in [6.45, 7) is 1.25. The molecule has 1 heterocycles. The zero-order valence-electron chi connectivity index (χ0n) is 12.1. The maximum atomic E-state index is 12.1. The molecular weight excluding hydrogens is 327 g/mol. The molecule has 22 heavy (non-hydrogen) atoms. The first-order valence-corrected chi connectivity index (χ1v) is 7.88. The third-order valence-electron chi connectivity index (χ3n) is 3.67. The van der Waals surface area contributed by atoms with Crippen LogP contribution in [0.3, 0.4) is 0 Å². The van der Waals surface area contributed by atoms with Gasteiger partial charge < -0.3 is 15.4 Å². The molecule has 120 valence electrons. The highest BCUT2D eigenvalue weighted by molar-refractivity contribution is 6.42. The van der Waals surface area contributed by atoms with Crippen molar-refractivity contribution >= 4 is 35.0 Å². The van der Waals surface area contributed by atoms with Gasteiger partial charge in [-0.25, -0.2) is 0 Å². The number of nitrogens with zero attached hydrogens (tertiary/aromatic N) is 1. The van der Waals surface area contributed by atoms with Gasteiger partial charge >= 0.3 is 0 Å². The molecule has 0 bridgehead atoms. The maximum Gasteiger partial charge on any atom is 0.226 e. The molecule has 1 saturated heterocycles. The Balaban J connectivity index is 1.82. The van der Waals surface area contributed by atoms with Crippen LogP contribution in [0, 0.1) is 5.92 Å². The Bertz CT molecular complexity index is 566. The zero-order valence-corrected chi connectivity index (χ0v) is 13.6. The number of carbonyl (C=O) groups excluding carboxylic acids is 2. The lowest BCUT2D eigenvalue weighted by molar-refractivity contribution is -0.135. The summed E-state index contributed by atoms with van der Waals surface area (Å²) >= 11 is 11.9. The molecule has 1 aromatic carbocycles. The van der Waals surface area contributed by atoms with Crippen LogP contribution in [0.2, 0.25) is 10.0 Å². The van der Waals surface area contributed by atoms with E-state index in [1.54, 1.807) is 23.1 Å². The molecule has 2 amide bonds. The van der Waals surface area contributed by atoms with Gasteiger partial charge in [0.25, 0.3) is 0 Å². The topological polar surface area (TPSA) is 72.6 Å². The number of amides is 2. The molecular formula is C15H18Cl2N2O3. The Hall–Kier alpha value is -1.46. The van der Waals surface area contributed by atoms with Crippen LogP contribution in [0.15, 0.2) is 18.2 Å². The predicted molar refractivity (Wildman–Crippen MR) is 85.1 cm³/mol. The monoisotopic (exact) mass is 344 g/mol. The fraction of sp³-hybridized carbons (Fsp3) is 0.467. The molecule has 1 aliphatic heterocycles. The summed E-state index contributed by atoms with van der Waals surface area (Å²) in [6.07, 6.45) is 1.75. The Morgan fingerprint density at radius 1 is 1.36 bits per heavy atom. The highest BCUT2D eigenvalue weighted by Crippen LogP contribution is 2.31. The molecule has 0 radical (unpaired) electrons. The first kappa shape index (κ1) is 16.9. The van der Waals surface area contributed by atoms with Crippen molar-refractivity contribution in [2.45, 2.75) is 19.3 Å². The maximum absolute atomic E-state index is 12.1. The summed E-state index contributed by atoms with van der Waals surface area (Å²) in [5.74, 6) is -0.194. The molecule has 0 aliphatic carbocycles. The van der Waals surface area contributed by atoms with Crippen molar-refractivity contribution in [3.8, 4) is 5.75 Å².